The third-order valence-electron chi connectivity index (χ3n) is 4.95. The Hall–Kier alpha value is -2.39. The maximum atomic E-state index is 13.1. The number of nitrogens with one attached hydrogen (secondary N) is 1. The molecule has 0 atom stereocenters. The van der Waals surface area contributed by atoms with Crippen molar-refractivity contribution < 1.29 is 9.53 Å². The van der Waals surface area contributed by atoms with Crippen molar-refractivity contribution in [3.05, 3.63) is 43.4 Å². The van der Waals surface area contributed by atoms with Gasteiger partial charge in [0.1, 0.15) is 4.83 Å². The number of ether oxygens (including phenoxy) is 1. The minimum Gasteiger partial charge on any atom is -0.383 e. The lowest BCUT2D eigenvalue weighted by Crippen LogP contribution is -2.40. The lowest BCUT2D eigenvalue weighted by atomic mass is 10.2. The lowest BCUT2D eigenvalue weighted by Gasteiger charge is -2.12. The summed E-state index contributed by atoms with van der Waals surface area (Å²) >= 11 is 1.41. The SMILES string of the molecule is C=C(C)CCn1c(=O)c2c(C)c(CN3CCNC3=O)sc2n(CCOC)c1=O. The van der Waals surface area contributed by atoms with Gasteiger partial charge in [0, 0.05) is 31.6 Å². The maximum absolute atomic E-state index is 13.1. The molecule has 152 valence electrons. The molecular weight excluding hydrogens is 380 g/mol. The van der Waals surface area contributed by atoms with Gasteiger partial charge < -0.3 is 15.0 Å². The van der Waals surface area contributed by atoms with E-state index in [1.165, 1.54) is 15.9 Å². The number of thiophene rings is 1. The molecule has 1 N–H and O–H groups in total. The van der Waals surface area contributed by atoms with Crippen LogP contribution in [0.4, 0.5) is 4.79 Å². The molecule has 0 aliphatic carbocycles. The number of aryl methyl sites for hydroxylation is 1. The first kappa shape index (κ1) is 20.3. The Morgan fingerprint density at radius 3 is 2.61 bits per heavy atom. The summed E-state index contributed by atoms with van der Waals surface area (Å²) in [4.78, 5) is 41.3. The predicted octanol–water partition coefficient (Wildman–Crippen LogP) is 1.67. The first-order chi connectivity index (χ1) is 13.3. The van der Waals surface area contributed by atoms with Crippen molar-refractivity contribution in [2.45, 2.75) is 39.9 Å². The molecule has 2 aromatic rings. The van der Waals surface area contributed by atoms with Crippen molar-refractivity contribution in [1.29, 1.82) is 0 Å². The smallest absolute Gasteiger partial charge is 0.332 e. The second-order valence-corrected chi connectivity index (χ2v) is 8.16. The van der Waals surface area contributed by atoms with E-state index in [1.54, 1.807) is 16.6 Å². The van der Waals surface area contributed by atoms with Gasteiger partial charge in [0.15, 0.2) is 0 Å². The summed E-state index contributed by atoms with van der Waals surface area (Å²) in [7, 11) is 1.58. The predicted molar refractivity (Wildman–Crippen MR) is 110 cm³/mol. The molecule has 2 aromatic heterocycles. The van der Waals surface area contributed by atoms with Gasteiger partial charge in [-0.15, -0.1) is 17.9 Å². The molecule has 0 aromatic carbocycles. The Balaban J connectivity index is 2.14. The fourth-order valence-corrected chi connectivity index (χ4v) is 4.64. The average Bonchev–Trinajstić information content (AvgIpc) is 3.19. The molecule has 1 aliphatic heterocycles. The molecule has 1 saturated heterocycles. The Morgan fingerprint density at radius 2 is 2.00 bits per heavy atom. The van der Waals surface area contributed by atoms with Gasteiger partial charge in [-0.2, -0.15) is 0 Å². The van der Waals surface area contributed by atoms with E-state index >= 15 is 0 Å². The van der Waals surface area contributed by atoms with Gasteiger partial charge in [-0.05, 0) is 25.8 Å². The molecule has 8 nitrogen and oxygen atoms in total. The molecule has 0 radical (unpaired) electrons. The van der Waals surface area contributed by atoms with Crippen LogP contribution in [0.1, 0.15) is 23.8 Å². The van der Waals surface area contributed by atoms with Crippen molar-refractivity contribution in [1.82, 2.24) is 19.4 Å². The summed E-state index contributed by atoms with van der Waals surface area (Å²) in [6, 6.07) is -0.104. The monoisotopic (exact) mass is 406 g/mol. The molecule has 3 heterocycles. The van der Waals surface area contributed by atoms with Crippen LogP contribution in [0.2, 0.25) is 0 Å². The normalized spacial score (nSPS) is 14.1. The van der Waals surface area contributed by atoms with Gasteiger partial charge in [0.25, 0.3) is 5.56 Å². The molecule has 1 aliphatic rings. The number of hydrogen-bond acceptors (Lipinski definition) is 5. The average molecular weight is 407 g/mol. The van der Waals surface area contributed by atoms with Gasteiger partial charge in [0.2, 0.25) is 0 Å². The van der Waals surface area contributed by atoms with Crippen LogP contribution < -0.4 is 16.6 Å². The molecule has 2 amide bonds. The van der Waals surface area contributed by atoms with Crippen molar-refractivity contribution in [2.24, 2.45) is 0 Å². The Labute approximate surface area is 167 Å². The van der Waals surface area contributed by atoms with E-state index in [0.717, 1.165) is 16.0 Å². The van der Waals surface area contributed by atoms with Crippen molar-refractivity contribution >= 4 is 27.6 Å². The Morgan fingerprint density at radius 1 is 1.25 bits per heavy atom. The molecule has 0 bridgehead atoms. The Bertz CT molecular complexity index is 1030. The van der Waals surface area contributed by atoms with Crippen LogP contribution in [0.5, 0.6) is 0 Å². The minimum atomic E-state index is -0.331. The first-order valence-electron chi connectivity index (χ1n) is 9.26. The number of carbonyl (C=O) groups is 1. The van der Waals surface area contributed by atoms with E-state index in [2.05, 4.69) is 11.9 Å². The molecule has 28 heavy (non-hydrogen) atoms. The summed E-state index contributed by atoms with van der Waals surface area (Å²) in [6.45, 7) is 10.3. The standard InChI is InChI=1S/C19H26N4O4S/c1-12(2)5-7-22-16(24)15-13(3)14(11-21-8-6-20-18(21)25)28-17(15)23(19(22)26)9-10-27-4/h1,5-11H2,2-4H3,(H,20,25). The summed E-state index contributed by atoms with van der Waals surface area (Å²) < 4.78 is 8.06. The number of allylic oxidation sites excluding steroid dienone is 1. The number of nitrogens with zero attached hydrogens (tertiary/aromatic N) is 3. The van der Waals surface area contributed by atoms with Crippen molar-refractivity contribution in [3.8, 4) is 0 Å². The van der Waals surface area contributed by atoms with E-state index < -0.39 is 0 Å². The van der Waals surface area contributed by atoms with Crippen LogP contribution in [0.15, 0.2) is 21.7 Å². The molecular formula is C19H26N4O4S. The van der Waals surface area contributed by atoms with Crippen LogP contribution in [0.25, 0.3) is 10.2 Å². The zero-order valence-corrected chi connectivity index (χ0v) is 17.4. The number of fused-ring (bicyclic) bond motifs is 1. The molecule has 1 fully saturated rings. The minimum absolute atomic E-state index is 0.104. The highest BCUT2D eigenvalue weighted by molar-refractivity contribution is 7.18. The Kier molecular flexibility index (Phi) is 6.04. The van der Waals surface area contributed by atoms with E-state index in [-0.39, 0.29) is 17.3 Å². The molecule has 9 heteroatoms. The van der Waals surface area contributed by atoms with Gasteiger partial charge in [0.05, 0.1) is 25.1 Å². The molecule has 0 saturated carbocycles. The lowest BCUT2D eigenvalue weighted by molar-refractivity contribution is 0.186. The van der Waals surface area contributed by atoms with Gasteiger partial charge in [-0.3, -0.25) is 13.9 Å². The molecule has 3 rings (SSSR count). The largest absolute Gasteiger partial charge is 0.383 e. The zero-order valence-electron chi connectivity index (χ0n) is 16.5. The van der Waals surface area contributed by atoms with Crippen LogP contribution in [0.3, 0.4) is 0 Å². The topological polar surface area (TPSA) is 85.6 Å². The quantitative estimate of drug-likeness (QED) is 0.676. The number of carbonyl (C=O) groups excluding carboxylic acids is 1. The fraction of sp³-hybridized carbons (Fsp3) is 0.526. The summed E-state index contributed by atoms with van der Waals surface area (Å²) in [5.41, 5.74) is 1.14. The van der Waals surface area contributed by atoms with E-state index in [0.29, 0.717) is 56.0 Å². The summed E-state index contributed by atoms with van der Waals surface area (Å²) in [5, 5.41) is 3.34. The zero-order chi connectivity index (χ0) is 20.4. The second kappa shape index (κ2) is 8.32. The van der Waals surface area contributed by atoms with E-state index in [1.807, 2.05) is 13.8 Å². The van der Waals surface area contributed by atoms with Crippen LogP contribution in [-0.4, -0.2) is 46.9 Å². The second-order valence-electron chi connectivity index (χ2n) is 7.07. The number of rotatable bonds is 8. The number of hydrogen-bond donors (Lipinski definition) is 1. The van der Waals surface area contributed by atoms with Gasteiger partial charge in [-0.1, -0.05) is 5.57 Å². The van der Waals surface area contributed by atoms with Crippen LogP contribution in [-0.2, 0) is 24.4 Å². The number of amides is 2. The fourth-order valence-electron chi connectivity index (χ4n) is 3.31. The molecule has 0 spiro atoms. The van der Waals surface area contributed by atoms with Gasteiger partial charge in [-0.25, -0.2) is 9.59 Å². The van der Waals surface area contributed by atoms with E-state index in [9.17, 15) is 14.4 Å². The molecule has 0 unspecified atom stereocenters. The number of methoxy groups -OCH3 is 1. The van der Waals surface area contributed by atoms with Crippen molar-refractivity contribution in [2.75, 3.05) is 26.8 Å². The summed E-state index contributed by atoms with van der Waals surface area (Å²) in [6.07, 6.45) is 0.564. The van der Waals surface area contributed by atoms with Crippen molar-refractivity contribution in [3.63, 3.8) is 0 Å². The number of urea groups is 1. The third kappa shape index (κ3) is 3.77. The first-order valence-corrected chi connectivity index (χ1v) is 10.1. The van der Waals surface area contributed by atoms with Gasteiger partial charge >= 0.3 is 11.7 Å². The third-order valence-corrected chi connectivity index (χ3v) is 6.25. The van der Waals surface area contributed by atoms with Crippen LogP contribution in [0, 0.1) is 6.92 Å². The highest BCUT2D eigenvalue weighted by atomic mass is 32.1. The number of aromatic nitrogens is 2. The highest BCUT2D eigenvalue weighted by Gasteiger charge is 2.24. The highest BCUT2D eigenvalue weighted by Crippen LogP contribution is 2.29. The summed E-state index contributed by atoms with van der Waals surface area (Å²) in [5.74, 6) is 0. The van der Waals surface area contributed by atoms with E-state index in [4.69, 9.17) is 4.74 Å². The van der Waals surface area contributed by atoms with Crippen LogP contribution >= 0.6 is 11.3 Å². The maximum Gasteiger partial charge on any atom is 0.332 e.